The number of alkyl halides is 6. The number of aliphatic hydroxyl groups excluding tert-OH is 2. The molecule has 0 aliphatic carbocycles. The minimum absolute atomic E-state index is 0. The first kappa shape index (κ1) is 80.5. The molecule has 9 N–H and O–H groups in total. The summed E-state index contributed by atoms with van der Waals surface area (Å²) >= 11 is 33.6. The minimum atomic E-state index is -1.75. The number of rotatable bonds is 24. The number of Topliss-reactive ketones (excluding diaryl/α,β-unsaturated/α-hetero) is 1. The number of aliphatic carboxylic acids is 1. The molecule has 0 spiro atoms. The third-order valence-electron chi connectivity index (χ3n) is 14.6. The van der Waals surface area contributed by atoms with Crippen molar-refractivity contribution in [1.82, 2.24) is 41.5 Å². The average Bonchev–Trinajstić information content (AvgIpc) is 1.03. The number of carboxylic acid groups (broad SMARTS) is 1. The highest BCUT2D eigenvalue weighted by Gasteiger charge is 2.36. The molecule has 92 heavy (non-hydrogen) atoms. The van der Waals surface area contributed by atoms with Crippen LogP contribution in [0.2, 0.25) is 0 Å². The predicted octanol–water partition coefficient (Wildman–Crippen LogP) is 9.22. The van der Waals surface area contributed by atoms with Gasteiger partial charge in [-0.25, -0.2) is 10.9 Å². The van der Waals surface area contributed by atoms with E-state index in [1.165, 1.54) is 10.0 Å². The fourth-order valence-electron chi connectivity index (χ4n) is 9.18. The average molecular weight is 1400 g/mol. The van der Waals surface area contributed by atoms with Gasteiger partial charge in [-0.1, -0.05) is 153 Å². The third kappa shape index (κ3) is 28.1. The van der Waals surface area contributed by atoms with E-state index < -0.39 is 92.2 Å². The highest BCUT2D eigenvalue weighted by molar-refractivity contribution is 6.68. The Morgan fingerprint density at radius 3 is 1.39 bits per heavy atom. The van der Waals surface area contributed by atoms with E-state index in [0.29, 0.717) is 51.6 Å². The van der Waals surface area contributed by atoms with Gasteiger partial charge in [0.15, 0.2) is 0 Å². The molecule has 0 radical (unpaired) electrons. The molecule has 2 fully saturated rings. The van der Waals surface area contributed by atoms with Gasteiger partial charge in [0.05, 0.1) is 29.6 Å². The molecule has 2 aliphatic heterocycles. The molecular weight excluding hydrogens is 1320 g/mol. The largest absolute Gasteiger partial charge is 0.481 e. The second kappa shape index (κ2) is 38.6. The number of nitrogens with two attached hydrogens (primary N) is 1. The summed E-state index contributed by atoms with van der Waals surface area (Å²) in [5.41, 5.74) is 18.3. The maximum atomic E-state index is 13.2. The Bertz CT molecular complexity index is 3060. The van der Waals surface area contributed by atoms with Gasteiger partial charge in [-0.3, -0.25) is 58.3 Å². The molecule has 508 valence electrons. The molecule has 0 unspecified atom stereocenters. The Morgan fingerprint density at radius 1 is 0.620 bits per heavy atom. The van der Waals surface area contributed by atoms with E-state index in [1.54, 1.807) is 40.1 Å². The number of aryl methyl sites for hydroxylation is 2. The summed E-state index contributed by atoms with van der Waals surface area (Å²) in [5, 5.41) is 36.0. The second-order valence-corrected chi connectivity index (χ2v) is 28.0. The van der Waals surface area contributed by atoms with E-state index in [0.717, 1.165) is 44.8 Å². The fraction of sp³-hybridized carbons (Fsp3) is 0.531. The van der Waals surface area contributed by atoms with Crippen LogP contribution in [-0.4, -0.2) is 147 Å². The summed E-state index contributed by atoms with van der Waals surface area (Å²) in [4.78, 5) is 108. The number of carbonyl (C=O) groups excluding carboxylic acids is 7. The number of hydrogen-bond donors (Lipinski definition) is 8. The van der Waals surface area contributed by atoms with Crippen LogP contribution in [0.25, 0.3) is 22.5 Å². The molecule has 6 rings (SSSR count). The lowest BCUT2D eigenvalue weighted by atomic mass is 9.88. The number of hydrazine groups is 2. The van der Waals surface area contributed by atoms with Crippen LogP contribution in [0.5, 0.6) is 0 Å². The maximum Gasteiger partial charge on any atom is 0.325 e. The summed E-state index contributed by atoms with van der Waals surface area (Å²) in [6.07, 6.45) is 5.73. The number of ether oxygens (including phenoxy) is 2. The molecule has 28 heteroatoms. The number of nitrogens with zero attached hydrogens (tertiary/aromatic N) is 4. The monoisotopic (exact) mass is 1400 g/mol. The molecule has 0 bridgehead atoms. The van der Waals surface area contributed by atoms with Gasteiger partial charge in [0, 0.05) is 61.8 Å². The number of halogens is 6. The molecule has 2 aliphatic rings. The lowest BCUT2D eigenvalue weighted by Gasteiger charge is -2.34. The molecule has 2 saturated heterocycles. The lowest BCUT2D eigenvalue weighted by Crippen LogP contribution is -2.60. The number of carbonyl (C=O) groups is 8. The van der Waals surface area contributed by atoms with Crippen molar-refractivity contribution in [2.24, 2.45) is 23.5 Å². The number of carboxylic acids is 1. The SMILES string of the molecule is C.CC(C)[C@H](CC(=O)CCc1ccc(-c2cccc([C@@H](C)O)c2)nc1)C(=O)N[C@@H](C)C(=O)N1CCC[C@@H](C(=O)OCC(Cl)(Cl)Cl)N1.CC(C)[C@H](N)C(=O)N[C@@H](C)C(=O)N1CCC[C@@H](C(=O)OCC(Cl)(Cl)Cl)N1.C[C@@H](O)c1cccc(-c2ccc(CCC(=O)O)cn2)c1. The Morgan fingerprint density at radius 2 is 1.03 bits per heavy atom. The van der Waals surface area contributed by atoms with Gasteiger partial charge in [0.2, 0.25) is 19.4 Å². The van der Waals surface area contributed by atoms with E-state index >= 15 is 0 Å². The maximum absolute atomic E-state index is 13.2. The number of pyridine rings is 2. The second-order valence-electron chi connectivity index (χ2n) is 23.0. The highest BCUT2D eigenvalue weighted by atomic mass is 35.6. The number of benzene rings is 2. The number of amides is 4. The van der Waals surface area contributed by atoms with Gasteiger partial charge < -0.3 is 41.2 Å². The number of hydrogen-bond acceptors (Lipinski definition) is 17. The van der Waals surface area contributed by atoms with E-state index in [9.17, 15) is 48.6 Å². The first-order valence-corrected chi connectivity index (χ1v) is 32.1. The van der Waals surface area contributed by atoms with Gasteiger partial charge in [-0.05, 0) is 125 Å². The zero-order valence-electron chi connectivity index (χ0n) is 52.1. The Balaban J connectivity index is 0.000000396. The topological polar surface area (TPSA) is 322 Å². The van der Waals surface area contributed by atoms with Crippen LogP contribution in [-0.2, 0) is 60.7 Å². The van der Waals surface area contributed by atoms with Crippen LogP contribution in [0.15, 0.2) is 85.2 Å². The molecule has 22 nitrogen and oxygen atoms in total. The quantitative estimate of drug-likeness (QED) is 0.0239. The highest BCUT2D eigenvalue weighted by Crippen LogP contribution is 2.29. The Hall–Kier alpha value is -5.76. The minimum Gasteiger partial charge on any atom is -0.481 e. The normalized spacial score (nSPS) is 16.9. The Kier molecular flexibility index (Phi) is 33.7. The molecule has 4 amide bonds. The number of aliphatic hydroxyl groups is 2. The Labute approximate surface area is 568 Å². The van der Waals surface area contributed by atoms with Crippen LogP contribution in [0.4, 0.5) is 0 Å². The van der Waals surface area contributed by atoms with Gasteiger partial charge in [0.1, 0.15) is 43.2 Å². The van der Waals surface area contributed by atoms with E-state index in [4.69, 9.17) is 89.9 Å². The van der Waals surface area contributed by atoms with Crippen molar-refractivity contribution in [3.05, 3.63) is 107 Å². The molecule has 8 atom stereocenters. The third-order valence-corrected chi connectivity index (χ3v) is 15.3. The number of esters is 2. The number of aromatic nitrogens is 2. The van der Waals surface area contributed by atoms with Crippen LogP contribution < -0.4 is 27.2 Å². The van der Waals surface area contributed by atoms with Crippen molar-refractivity contribution in [1.29, 1.82) is 0 Å². The first-order valence-electron chi connectivity index (χ1n) is 29.8. The zero-order chi connectivity index (χ0) is 67.9. The molecule has 2 aromatic carbocycles. The first-order chi connectivity index (χ1) is 42.6. The van der Waals surface area contributed by atoms with Crippen molar-refractivity contribution in [3.8, 4) is 22.5 Å². The van der Waals surface area contributed by atoms with Crippen LogP contribution >= 0.6 is 69.6 Å². The molecule has 0 saturated carbocycles. The van der Waals surface area contributed by atoms with Gasteiger partial charge >= 0.3 is 17.9 Å². The molecular formula is C64H87Cl6N9O13. The van der Waals surface area contributed by atoms with Crippen molar-refractivity contribution in [2.45, 2.75) is 171 Å². The number of nitrogens with one attached hydrogen (secondary N) is 4. The smallest absolute Gasteiger partial charge is 0.325 e. The molecule has 4 aromatic rings. The van der Waals surface area contributed by atoms with Crippen LogP contribution in [0.1, 0.15) is 142 Å². The fourth-order valence-corrected chi connectivity index (χ4v) is 9.50. The summed E-state index contributed by atoms with van der Waals surface area (Å²) in [6, 6.07) is 18.8. The van der Waals surface area contributed by atoms with E-state index in [-0.39, 0.29) is 62.7 Å². The summed E-state index contributed by atoms with van der Waals surface area (Å²) in [5.74, 6) is -4.55. The summed E-state index contributed by atoms with van der Waals surface area (Å²) in [7, 11) is 0. The van der Waals surface area contributed by atoms with Crippen molar-refractivity contribution >= 4 is 117 Å². The summed E-state index contributed by atoms with van der Waals surface area (Å²) < 4.78 is 6.52. The van der Waals surface area contributed by atoms with Gasteiger partial charge in [-0.15, -0.1) is 0 Å². The molecule has 4 heterocycles. The standard InChI is InChI=1S/C32H41Cl3N4O6.C16H17NO3.C15H25Cl3N4O4.CH4/c1-19(2)26(16-25(41)12-10-22-11-13-27(36-17-22)24-8-5-7-23(15-24)21(4)40)29(42)37-20(3)30(43)39-14-6-9-28(38-39)31(44)45-18-32(33,34)35;1-11(18)13-3-2-4-14(9-13)15-7-5-12(10-17-15)6-8-16(19)20;1-8(2)11(19)12(23)20-9(3)13(24)22-6-4-5-10(21-22)14(25)26-7-15(16,17)18;/h5,7-8,11,13,15,17,19-21,26,28,38,40H,6,9-10,12,14,16,18H2,1-4H3,(H,37,42);2-5,7,9-11,18H,6,8H2,1H3,(H,19,20);8-11,21H,4-7,19H2,1-3H3,(H,20,23);1H4/t20-,21+,26-,28-;11-;9-,10-,11-;/m010./s1. The predicted molar refractivity (Wildman–Crippen MR) is 356 cm³/mol. The summed E-state index contributed by atoms with van der Waals surface area (Å²) in [6.45, 7) is 13.8. The van der Waals surface area contributed by atoms with Gasteiger partial charge in [-0.2, -0.15) is 0 Å². The van der Waals surface area contributed by atoms with E-state index in [1.807, 2.05) is 100 Å². The molecule has 2 aromatic heterocycles. The van der Waals surface area contributed by atoms with E-state index in [2.05, 4.69) is 31.5 Å². The lowest BCUT2D eigenvalue weighted by molar-refractivity contribution is -0.154. The number of ketones is 1. The van der Waals surface area contributed by atoms with Crippen molar-refractivity contribution in [3.63, 3.8) is 0 Å². The zero-order valence-corrected chi connectivity index (χ0v) is 56.6. The van der Waals surface area contributed by atoms with Crippen LogP contribution in [0.3, 0.4) is 0 Å². The van der Waals surface area contributed by atoms with Crippen LogP contribution in [0, 0.1) is 17.8 Å². The van der Waals surface area contributed by atoms with Gasteiger partial charge in [0.25, 0.3) is 11.8 Å². The van der Waals surface area contributed by atoms with Crippen molar-refractivity contribution < 1.29 is 63.1 Å². The van der Waals surface area contributed by atoms with Crippen molar-refractivity contribution in [2.75, 3.05) is 26.3 Å².